The number of likely N-dealkylation sites (N-methyl/N-ethyl adjacent to an activating group) is 1. The van der Waals surface area contributed by atoms with Crippen molar-refractivity contribution in [2.75, 3.05) is 13.6 Å². The number of hydrogen-bond donors (Lipinski definition) is 1. The van der Waals surface area contributed by atoms with E-state index in [-0.39, 0.29) is 0 Å². The highest BCUT2D eigenvalue weighted by Gasteiger charge is 2.27. The maximum Gasteiger partial charge on any atom is 0.0900 e. The van der Waals surface area contributed by atoms with Crippen molar-refractivity contribution in [3.05, 3.63) is 15.6 Å². The molecule has 96 valence electrons. The molecule has 17 heavy (non-hydrogen) atoms. The molecule has 1 fully saturated rings. The van der Waals surface area contributed by atoms with Gasteiger partial charge in [0.2, 0.25) is 0 Å². The van der Waals surface area contributed by atoms with Gasteiger partial charge in [0, 0.05) is 29.5 Å². The summed E-state index contributed by atoms with van der Waals surface area (Å²) in [4.78, 5) is 8.32. The third-order valence-corrected chi connectivity index (χ3v) is 4.96. The van der Waals surface area contributed by atoms with E-state index in [2.05, 4.69) is 49.9 Å². The first-order chi connectivity index (χ1) is 7.97. The van der Waals surface area contributed by atoms with Crippen molar-refractivity contribution in [2.24, 2.45) is 0 Å². The first-order valence-electron chi connectivity index (χ1n) is 6.37. The predicted octanol–water partition coefficient (Wildman–Crippen LogP) is 2.50. The first kappa shape index (κ1) is 13.0. The first-order valence-corrected chi connectivity index (χ1v) is 7.19. The Labute approximate surface area is 108 Å². The van der Waals surface area contributed by atoms with Crippen LogP contribution in [0.4, 0.5) is 0 Å². The second-order valence-electron chi connectivity index (χ2n) is 5.29. The number of thiazole rings is 1. The molecule has 0 radical (unpaired) electrons. The summed E-state index contributed by atoms with van der Waals surface area (Å²) in [5, 5.41) is 4.91. The van der Waals surface area contributed by atoms with E-state index in [9.17, 15) is 0 Å². The standard InChI is InChI=1S/C13H23N3S/c1-8-6-12(7-16(8)5)15-10(3)13-9(2)14-11(4)17-13/h8,10,12,15H,6-7H2,1-5H3. The molecule has 0 amide bonds. The van der Waals surface area contributed by atoms with Crippen molar-refractivity contribution in [1.29, 1.82) is 0 Å². The third kappa shape index (κ3) is 2.87. The lowest BCUT2D eigenvalue weighted by molar-refractivity contribution is 0.325. The van der Waals surface area contributed by atoms with Gasteiger partial charge in [0.1, 0.15) is 0 Å². The second-order valence-corrected chi connectivity index (χ2v) is 6.53. The monoisotopic (exact) mass is 253 g/mol. The van der Waals surface area contributed by atoms with Crippen LogP contribution >= 0.6 is 11.3 Å². The van der Waals surface area contributed by atoms with E-state index in [1.165, 1.54) is 22.0 Å². The number of nitrogens with zero attached hydrogens (tertiary/aromatic N) is 2. The smallest absolute Gasteiger partial charge is 0.0900 e. The fourth-order valence-electron chi connectivity index (χ4n) is 2.69. The number of aryl methyl sites for hydroxylation is 2. The summed E-state index contributed by atoms with van der Waals surface area (Å²) in [6.07, 6.45) is 1.25. The van der Waals surface area contributed by atoms with Crippen molar-refractivity contribution < 1.29 is 0 Å². The molecule has 0 spiro atoms. The van der Waals surface area contributed by atoms with E-state index >= 15 is 0 Å². The molecular formula is C13H23N3S. The van der Waals surface area contributed by atoms with Crippen LogP contribution in [0.3, 0.4) is 0 Å². The molecule has 1 aromatic rings. The number of rotatable bonds is 3. The van der Waals surface area contributed by atoms with Crippen molar-refractivity contribution >= 4 is 11.3 Å². The summed E-state index contributed by atoms with van der Waals surface area (Å²) in [6.45, 7) is 9.90. The lowest BCUT2D eigenvalue weighted by Gasteiger charge is -2.18. The lowest BCUT2D eigenvalue weighted by Crippen LogP contribution is -2.33. The Morgan fingerprint density at radius 3 is 2.65 bits per heavy atom. The van der Waals surface area contributed by atoms with Crippen LogP contribution in [0.25, 0.3) is 0 Å². The highest BCUT2D eigenvalue weighted by Crippen LogP contribution is 2.26. The third-order valence-electron chi connectivity index (χ3n) is 3.70. The van der Waals surface area contributed by atoms with E-state index in [0.717, 1.165) is 6.54 Å². The van der Waals surface area contributed by atoms with Gasteiger partial charge in [-0.3, -0.25) is 0 Å². The van der Waals surface area contributed by atoms with Crippen molar-refractivity contribution in [1.82, 2.24) is 15.2 Å². The topological polar surface area (TPSA) is 28.2 Å². The lowest BCUT2D eigenvalue weighted by atomic mass is 10.1. The Kier molecular flexibility index (Phi) is 3.85. The molecule has 3 unspecified atom stereocenters. The van der Waals surface area contributed by atoms with Crippen LogP contribution in [0.5, 0.6) is 0 Å². The minimum atomic E-state index is 0.421. The molecule has 1 N–H and O–H groups in total. The van der Waals surface area contributed by atoms with E-state index in [1.54, 1.807) is 0 Å². The average Bonchev–Trinajstić information content (AvgIpc) is 2.71. The van der Waals surface area contributed by atoms with Crippen LogP contribution in [-0.4, -0.2) is 35.6 Å². The Morgan fingerprint density at radius 1 is 1.47 bits per heavy atom. The van der Waals surface area contributed by atoms with Gasteiger partial charge in [-0.15, -0.1) is 11.3 Å². The summed E-state index contributed by atoms with van der Waals surface area (Å²) in [5.41, 5.74) is 1.19. The van der Waals surface area contributed by atoms with Gasteiger partial charge < -0.3 is 10.2 Å². The Morgan fingerprint density at radius 2 is 2.18 bits per heavy atom. The van der Waals surface area contributed by atoms with Gasteiger partial charge in [-0.2, -0.15) is 0 Å². The minimum absolute atomic E-state index is 0.421. The molecule has 2 heterocycles. The predicted molar refractivity (Wildman–Crippen MR) is 73.6 cm³/mol. The Bertz CT molecular complexity index is 378. The van der Waals surface area contributed by atoms with Gasteiger partial charge in [-0.05, 0) is 41.2 Å². The fraction of sp³-hybridized carbons (Fsp3) is 0.769. The molecule has 0 bridgehead atoms. The zero-order valence-corrected chi connectivity index (χ0v) is 12.3. The van der Waals surface area contributed by atoms with Gasteiger partial charge in [0.25, 0.3) is 0 Å². The highest BCUT2D eigenvalue weighted by atomic mass is 32.1. The van der Waals surface area contributed by atoms with Crippen molar-refractivity contribution in [3.63, 3.8) is 0 Å². The van der Waals surface area contributed by atoms with Gasteiger partial charge in [-0.1, -0.05) is 0 Å². The number of nitrogens with one attached hydrogen (secondary N) is 1. The van der Waals surface area contributed by atoms with Crippen molar-refractivity contribution in [3.8, 4) is 0 Å². The molecular weight excluding hydrogens is 230 g/mol. The highest BCUT2D eigenvalue weighted by molar-refractivity contribution is 7.11. The quantitative estimate of drug-likeness (QED) is 0.897. The average molecular weight is 253 g/mol. The molecule has 3 nitrogen and oxygen atoms in total. The maximum atomic E-state index is 4.50. The van der Waals surface area contributed by atoms with Crippen LogP contribution < -0.4 is 5.32 Å². The molecule has 1 aliphatic heterocycles. The Balaban J connectivity index is 1.98. The molecule has 3 atom stereocenters. The summed E-state index contributed by atoms with van der Waals surface area (Å²) in [5.74, 6) is 0. The maximum absolute atomic E-state index is 4.50. The molecule has 1 saturated heterocycles. The molecule has 1 aromatic heterocycles. The molecule has 0 saturated carbocycles. The SMILES string of the molecule is Cc1nc(C)c(C(C)NC2CC(C)N(C)C2)s1. The number of hydrogen-bond acceptors (Lipinski definition) is 4. The summed E-state index contributed by atoms with van der Waals surface area (Å²) in [6, 6.07) is 1.74. The number of aromatic nitrogens is 1. The van der Waals surface area contributed by atoms with Crippen LogP contribution in [0.15, 0.2) is 0 Å². The largest absolute Gasteiger partial charge is 0.305 e. The van der Waals surface area contributed by atoms with E-state index in [0.29, 0.717) is 18.1 Å². The zero-order valence-electron chi connectivity index (χ0n) is 11.4. The number of likely N-dealkylation sites (tertiary alicyclic amines) is 1. The molecule has 1 aliphatic rings. The van der Waals surface area contributed by atoms with Crippen LogP contribution in [-0.2, 0) is 0 Å². The van der Waals surface area contributed by atoms with Crippen LogP contribution in [0, 0.1) is 13.8 Å². The Hall–Kier alpha value is -0.450. The molecule has 2 rings (SSSR count). The summed E-state index contributed by atoms with van der Waals surface area (Å²) >= 11 is 1.82. The zero-order chi connectivity index (χ0) is 12.6. The van der Waals surface area contributed by atoms with E-state index in [4.69, 9.17) is 0 Å². The van der Waals surface area contributed by atoms with E-state index in [1.807, 2.05) is 11.3 Å². The van der Waals surface area contributed by atoms with Crippen LogP contribution in [0.1, 0.15) is 41.9 Å². The summed E-state index contributed by atoms with van der Waals surface area (Å²) < 4.78 is 0. The fourth-order valence-corrected chi connectivity index (χ4v) is 3.63. The molecule has 0 aromatic carbocycles. The second kappa shape index (κ2) is 5.04. The molecule has 0 aliphatic carbocycles. The van der Waals surface area contributed by atoms with Gasteiger partial charge in [0.05, 0.1) is 10.7 Å². The minimum Gasteiger partial charge on any atom is -0.305 e. The summed E-state index contributed by atoms with van der Waals surface area (Å²) in [7, 11) is 2.21. The van der Waals surface area contributed by atoms with Crippen molar-refractivity contribution in [2.45, 2.75) is 52.2 Å². The normalized spacial score (nSPS) is 27.6. The van der Waals surface area contributed by atoms with Gasteiger partial charge >= 0.3 is 0 Å². The van der Waals surface area contributed by atoms with Crippen LogP contribution in [0.2, 0.25) is 0 Å². The van der Waals surface area contributed by atoms with Gasteiger partial charge in [0.15, 0.2) is 0 Å². The van der Waals surface area contributed by atoms with E-state index < -0.39 is 0 Å². The van der Waals surface area contributed by atoms with Gasteiger partial charge in [-0.25, -0.2) is 4.98 Å². The molecule has 4 heteroatoms.